The summed E-state index contributed by atoms with van der Waals surface area (Å²) in [6, 6.07) is 0. The third-order valence-corrected chi connectivity index (χ3v) is 3.33. The topological polar surface area (TPSA) is 38.0 Å². The number of hydrogen-bond acceptors (Lipinski definition) is 2. The van der Waals surface area contributed by atoms with Crippen molar-refractivity contribution in [3.8, 4) is 0 Å². The molecule has 0 bridgehead atoms. The quantitative estimate of drug-likeness (QED) is 0.862. The van der Waals surface area contributed by atoms with Crippen LogP contribution < -0.4 is 0 Å². The Hall–Kier alpha value is -0.350. The van der Waals surface area contributed by atoms with Gasteiger partial charge in [-0.25, -0.2) is 0 Å². The van der Waals surface area contributed by atoms with Crippen LogP contribution in [-0.4, -0.2) is 14.9 Å². The van der Waals surface area contributed by atoms with Crippen LogP contribution in [0.4, 0.5) is 0 Å². The van der Waals surface area contributed by atoms with E-state index < -0.39 is 5.60 Å². The maximum absolute atomic E-state index is 10.3. The van der Waals surface area contributed by atoms with Gasteiger partial charge in [0.1, 0.15) is 5.60 Å². The molecule has 1 unspecified atom stereocenters. The van der Waals surface area contributed by atoms with E-state index in [0.717, 1.165) is 23.0 Å². The number of aliphatic hydroxyl groups is 1. The summed E-state index contributed by atoms with van der Waals surface area (Å²) >= 11 is 3.41. The highest BCUT2D eigenvalue weighted by Gasteiger charge is 2.44. The zero-order valence-electron chi connectivity index (χ0n) is 7.79. The van der Waals surface area contributed by atoms with Crippen molar-refractivity contribution in [1.82, 2.24) is 9.78 Å². The minimum atomic E-state index is -0.732. The fourth-order valence-corrected chi connectivity index (χ4v) is 2.57. The van der Waals surface area contributed by atoms with Crippen molar-refractivity contribution in [2.75, 3.05) is 0 Å². The lowest BCUT2D eigenvalue weighted by Gasteiger charge is -2.23. The molecule has 0 saturated heterocycles. The van der Waals surface area contributed by atoms with Crippen molar-refractivity contribution in [2.24, 2.45) is 13.0 Å². The average Bonchev–Trinajstić information content (AvgIpc) is 2.79. The summed E-state index contributed by atoms with van der Waals surface area (Å²) in [4.78, 5) is 0. The molecule has 1 aromatic heterocycles. The van der Waals surface area contributed by atoms with Gasteiger partial charge in [-0.05, 0) is 41.6 Å². The Labute approximate surface area is 85.9 Å². The van der Waals surface area contributed by atoms with Crippen LogP contribution in [-0.2, 0) is 12.6 Å². The van der Waals surface area contributed by atoms with Gasteiger partial charge in [0.25, 0.3) is 0 Å². The van der Waals surface area contributed by atoms with Crippen molar-refractivity contribution in [2.45, 2.75) is 25.4 Å². The third-order valence-electron chi connectivity index (χ3n) is 2.75. The van der Waals surface area contributed by atoms with Crippen LogP contribution in [0, 0.1) is 5.92 Å². The van der Waals surface area contributed by atoms with Gasteiger partial charge in [0.15, 0.2) is 0 Å². The molecule has 1 atom stereocenters. The molecule has 72 valence electrons. The molecule has 1 N–H and O–H groups in total. The van der Waals surface area contributed by atoms with Crippen LogP contribution in [0.3, 0.4) is 0 Å². The molecule has 1 heterocycles. The summed E-state index contributed by atoms with van der Waals surface area (Å²) in [5, 5.41) is 14.4. The molecule has 0 radical (unpaired) electrons. The molecule has 1 aliphatic rings. The number of hydrogen-bond donors (Lipinski definition) is 1. The van der Waals surface area contributed by atoms with Gasteiger partial charge in [0.05, 0.1) is 16.4 Å². The fourth-order valence-electron chi connectivity index (χ4n) is 1.82. The third kappa shape index (κ3) is 1.42. The largest absolute Gasteiger partial charge is 0.384 e. The van der Waals surface area contributed by atoms with E-state index in [1.54, 1.807) is 10.9 Å². The first kappa shape index (κ1) is 9.21. The van der Waals surface area contributed by atoms with Crippen LogP contribution in [0.25, 0.3) is 0 Å². The van der Waals surface area contributed by atoms with E-state index in [0.29, 0.717) is 5.92 Å². The number of halogens is 1. The van der Waals surface area contributed by atoms with E-state index in [-0.39, 0.29) is 0 Å². The second-order valence-corrected chi connectivity index (χ2v) is 4.74. The highest BCUT2D eigenvalue weighted by Crippen LogP contribution is 2.46. The number of aromatic nitrogens is 2. The fraction of sp³-hybridized carbons (Fsp3) is 0.667. The first-order valence-corrected chi connectivity index (χ1v) is 5.23. The molecule has 0 aliphatic heterocycles. The molecule has 0 aromatic carbocycles. The van der Waals surface area contributed by atoms with Crippen LogP contribution >= 0.6 is 15.9 Å². The predicted octanol–water partition coefficient (Wildman–Crippen LogP) is 1.80. The summed E-state index contributed by atoms with van der Waals surface area (Å²) in [5.41, 5.74) is 0.152. The van der Waals surface area contributed by atoms with Gasteiger partial charge in [-0.2, -0.15) is 5.10 Å². The second-order valence-electron chi connectivity index (χ2n) is 3.89. The molecule has 3 nitrogen and oxygen atoms in total. The highest BCUT2D eigenvalue weighted by molar-refractivity contribution is 9.10. The molecule has 4 heteroatoms. The number of rotatable bonds is 2. The van der Waals surface area contributed by atoms with Crippen LogP contribution in [0.5, 0.6) is 0 Å². The van der Waals surface area contributed by atoms with Crippen molar-refractivity contribution < 1.29 is 5.11 Å². The van der Waals surface area contributed by atoms with Crippen molar-refractivity contribution in [3.05, 3.63) is 16.4 Å². The van der Waals surface area contributed by atoms with Gasteiger partial charge >= 0.3 is 0 Å². The van der Waals surface area contributed by atoms with Crippen molar-refractivity contribution in [3.63, 3.8) is 0 Å². The Morgan fingerprint density at radius 2 is 2.31 bits per heavy atom. The molecular formula is C9H13BrN2O. The SMILES string of the molecule is Cn1ncc(Br)c1C(C)(O)C1CC1. The maximum atomic E-state index is 10.3. The minimum absolute atomic E-state index is 0.402. The van der Waals surface area contributed by atoms with Gasteiger partial charge < -0.3 is 5.11 Å². The van der Waals surface area contributed by atoms with Crippen LogP contribution in [0.1, 0.15) is 25.5 Å². The minimum Gasteiger partial charge on any atom is -0.384 e. The number of nitrogens with zero attached hydrogens (tertiary/aromatic N) is 2. The van der Waals surface area contributed by atoms with E-state index in [4.69, 9.17) is 0 Å². The maximum Gasteiger partial charge on any atom is 0.107 e. The normalized spacial score (nSPS) is 21.5. The molecule has 2 rings (SSSR count). The number of aryl methyl sites for hydroxylation is 1. The van der Waals surface area contributed by atoms with E-state index in [9.17, 15) is 5.11 Å². The van der Waals surface area contributed by atoms with Crippen molar-refractivity contribution in [1.29, 1.82) is 0 Å². The molecule has 13 heavy (non-hydrogen) atoms. The Kier molecular flexibility index (Phi) is 2.00. The molecule has 1 aromatic rings. The van der Waals surface area contributed by atoms with Gasteiger partial charge in [-0.15, -0.1) is 0 Å². The van der Waals surface area contributed by atoms with Gasteiger partial charge in [0, 0.05) is 7.05 Å². The van der Waals surface area contributed by atoms with Gasteiger partial charge in [0.2, 0.25) is 0 Å². The molecular weight excluding hydrogens is 232 g/mol. The first-order valence-electron chi connectivity index (χ1n) is 4.44. The second kappa shape index (κ2) is 2.82. The predicted molar refractivity (Wildman–Crippen MR) is 53.2 cm³/mol. The van der Waals surface area contributed by atoms with E-state index >= 15 is 0 Å². The van der Waals surface area contributed by atoms with Gasteiger partial charge in [-0.3, -0.25) is 4.68 Å². The smallest absolute Gasteiger partial charge is 0.107 e. The van der Waals surface area contributed by atoms with E-state index in [1.165, 1.54) is 0 Å². The molecule has 0 spiro atoms. The van der Waals surface area contributed by atoms with Crippen molar-refractivity contribution >= 4 is 15.9 Å². The summed E-state index contributed by atoms with van der Waals surface area (Å²) in [7, 11) is 1.86. The lowest BCUT2D eigenvalue weighted by Crippen LogP contribution is -2.27. The summed E-state index contributed by atoms with van der Waals surface area (Å²) in [6.45, 7) is 1.87. The van der Waals surface area contributed by atoms with E-state index in [2.05, 4.69) is 21.0 Å². The average molecular weight is 245 g/mol. The Balaban J connectivity index is 2.42. The lowest BCUT2D eigenvalue weighted by molar-refractivity contribution is 0.0241. The summed E-state index contributed by atoms with van der Waals surface area (Å²) in [5.74, 6) is 0.402. The first-order chi connectivity index (χ1) is 6.03. The molecule has 1 fully saturated rings. The van der Waals surface area contributed by atoms with E-state index in [1.807, 2.05) is 14.0 Å². The molecule has 1 aliphatic carbocycles. The zero-order chi connectivity index (χ0) is 9.64. The van der Waals surface area contributed by atoms with Gasteiger partial charge in [-0.1, -0.05) is 0 Å². The zero-order valence-corrected chi connectivity index (χ0v) is 9.37. The Bertz CT molecular complexity index is 309. The molecule has 0 amide bonds. The highest BCUT2D eigenvalue weighted by atomic mass is 79.9. The lowest BCUT2D eigenvalue weighted by atomic mass is 9.96. The monoisotopic (exact) mass is 244 g/mol. The summed E-state index contributed by atoms with van der Waals surface area (Å²) < 4.78 is 2.63. The summed E-state index contributed by atoms with van der Waals surface area (Å²) in [6.07, 6.45) is 3.96. The standard InChI is InChI=1S/C9H13BrN2O/c1-9(13,6-3-4-6)8-7(10)5-11-12(8)2/h5-6,13H,3-4H2,1-2H3. The molecule has 1 saturated carbocycles. The van der Waals surface area contributed by atoms with Crippen LogP contribution in [0.2, 0.25) is 0 Å². The van der Waals surface area contributed by atoms with Crippen LogP contribution in [0.15, 0.2) is 10.7 Å². The Morgan fingerprint density at radius 3 is 2.69 bits per heavy atom. The Morgan fingerprint density at radius 1 is 1.69 bits per heavy atom.